The Morgan fingerprint density at radius 2 is 1.82 bits per heavy atom. The molecule has 0 spiro atoms. The number of carboxylic acid groups (broad SMARTS) is 1. The van der Waals surface area contributed by atoms with Gasteiger partial charge in [0.1, 0.15) is 18.2 Å². The molecule has 1 heterocycles. The van der Waals surface area contributed by atoms with E-state index < -0.39 is 5.97 Å². The van der Waals surface area contributed by atoms with Crippen LogP contribution in [-0.2, 0) is 6.61 Å². The average molecular weight is 465 g/mol. The monoisotopic (exact) mass is 464 g/mol. The molecule has 0 aliphatic carbocycles. The lowest BCUT2D eigenvalue weighted by Crippen LogP contribution is -2.05. The first-order valence-electron chi connectivity index (χ1n) is 10.3. The van der Waals surface area contributed by atoms with Crippen molar-refractivity contribution in [1.82, 2.24) is 4.57 Å². The van der Waals surface area contributed by atoms with Crippen LogP contribution in [0.1, 0.15) is 21.6 Å². The van der Waals surface area contributed by atoms with Gasteiger partial charge in [-0.15, -0.1) is 0 Å². The summed E-state index contributed by atoms with van der Waals surface area (Å²) in [6, 6.07) is 20.5. The molecule has 1 aromatic heterocycles. The van der Waals surface area contributed by atoms with Crippen LogP contribution in [0.4, 0.5) is 10.1 Å². The van der Waals surface area contributed by atoms with Gasteiger partial charge < -0.3 is 19.7 Å². The standard InChI is InChI=1S/C26H22ClFN2O3/c1-16-3-9-24(30(16)22-12-18(26(31)32)11-21(14-22)29-2)23-13-19(27)6-10-25(23)33-15-17-4-7-20(28)8-5-17/h3-14,29H,15H2,1-2H3,(H,31,32). The second-order valence-corrected chi connectivity index (χ2v) is 8.01. The number of nitrogens with one attached hydrogen (secondary N) is 1. The third kappa shape index (κ3) is 4.86. The maximum atomic E-state index is 13.2. The Bertz CT molecular complexity index is 1320. The highest BCUT2D eigenvalue weighted by molar-refractivity contribution is 6.31. The maximum Gasteiger partial charge on any atom is 0.335 e. The molecule has 5 nitrogen and oxygen atoms in total. The topological polar surface area (TPSA) is 63.5 Å². The Morgan fingerprint density at radius 3 is 2.52 bits per heavy atom. The third-order valence-electron chi connectivity index (χ3n) is 5.31. The van der Waals surface area contributed by atoms with Crippen LogP contribution in [0.2, 0.25) is 5.02 Å². The molecule has 0 bridgehead atoms. The van der Waals surface area contributed by atoms with E-state index in [1.54, 1.807) is 43.4 Å². The summed E-state index contributed by atoms with van der Waals surface area (Å²) in [4.78, 5) is 11.7. The minimum atomic E-state index is -1.01. The number of nitrogens with zero attached hydrogens (tertiary/aromatic N) is 1. The second-order valence-electron chi connectivity index (χ2n) is 7.57. The number of anilines is 1. The van der Waals surface area contributed by atoms with Gasteiger partial charge in [-0.1, -0.05) is 23.7 Å². The predicted octanol–water partition coefficient (Wildman–Crippen LogP) is 6.56. The van der Waals surface area contributed by atoms with E-state index in [9.17, 15) is 14.3 Å². The van der Waals surface area contributed by atoms with Crippen LogP contribution in [0.5, 0.6) is 5.75 Å². The van der Waals surface area contributed by atoms with Crippen molar-refractivity contribution >= 4 is 23.3 Å². The Labute approximate surface area is 196 Å². The molecular weight excluding hydrogens is 443 g/mol. The molecule has 4 aromatic rings. The van der Waals surface area contributed by atoms with Gasteiger partial charge in [-0.05, 0) is 73.2 Å². The fraction of sp³-hybridized carbons (Fsp3) is 0.115. The summed E-state index contributed by atoms with van der Waals surface area (Å²) in [7, 11) is 1.74. The smallest absolute Gasteiger partial charge is 0.335 e. The molecule has 0 saturated carbocycles. The van der Waals surface area contributed by atoms with E-state index in [-0.39, 0.29) is 18.0 Å². The van der Waals surface area contributed by atoms with Gasteiger partial charge in [0.15, 0.2) is 0 Å². The quantitative estimate of drug-likeness (QED) is 0.325. The number of aryl methyl sites for hydroxylation is 1. The number of ether oxygens (including phenoxy) is 1. The van der Waals surface area contributed by atoms with Crippen molar-refractivity contribution in [2.75, 3.05) is 12.4 Å². The van der Waals surface area contributed by atoms with Crippen LogP contribution in [0.15, 0.2) is 72.8 Å². The van der Waals surface area contributed by atoms with Crippen molar-refractivity contribution in [2.24, 2.45) is 0 Å². The highest BCUT2D eigenvalue weighted by Gasteiger charge is 2.17. The van der Waals surface area contributed by atoms with E-state index in [1.165, 1.54) is 12.1 Å². The number of rotatable bonds is 7. The van der Waals surface area contributed by atoms with Crippen molar-refractivity contribution in [1.29, 1.82) is 0 Å². The molecule has 168 valence electrons. The SMILES string of the molecule is CNc1cc(C(=O)O)cc(-n2c(C)ccc2-c2cc(Cl)ccc2OCc2ccc(F)cc2)c1. The van der Waals surface area contributed by atoms with Gasteiger partial charge in [0.2, 0.25) is 0 Å². The van der Waals surface area contributed by atoms with Crippen LogP contribution in [0.3, 0.4) is 0 Å². The van der Waals surface area contributed by atoms with Crippen LogP contribution < -0.4 is 10.1 Å². The highest BCUT2D eigenvalue weighted by atomic mass is 35.5. The fourth-order valence-electron chi connectivity index (χ4n) is 3.67. The molecule has 0 saturated heterocycles. The number of hydrogen-bond acceptors (Lipinski definition) is 3. The van der Waals surface area contributed by atoms with Crippen LogP contribution in [0.25, 0.3) is 16.9 Å². The molecular formula is C26H22ClFN2O3. The summed E-state index contributed by atoms with van der Waals surface area (Å²) in [5, 5.41) is 13.1. The average Bonchev–Trinajstić information content (AvgIpc) is 3.20. The van der Waals surface area contributed by atoms with Crippen LogP contribution in [0, 0.1) is 12.7 Å². The molecule has 4 rings (SSSR count). The molecule has 0 unspecified atom stereocenters. The molecule has 0 atom stereocenters. The Hall–Kier alpha value is -3.77. The summed E-state index contributed by atoms with van der Waals surface area (Å²) in [5.74, 6) is -0.708. The second kappa shape index (κ2) is 9.38. The van der Waals surface area contributed by atoms with Gasteiger partial charge in [-0.3, -0.25) is 0 Å². The first-order valence-corrected chi connectivity index (χ1v) is 10.7. The maximum absolute atomic E-state index is 13.2. The summed E-state index contributed by atoms with van der Waals surface area (Å²) >= 11 is 6.33. The number of hydrogen-bond donors (Lipinski definition) is 2. The zero-order chi connectivity index (χ0) is 23.5. The number of halogens is 2. The van der Waals surface area contributed by atoms with Crippen LogP contribution in [-0.4, -0.2) is 22.7 Å². The minimum absolute atomic E-state index is 0.176. The number of benzene rings is 3. The number of aromatic carboxylic acids is 1. The molecule has 33 heavy (non-hydrogen) atoms. The van der Waals surface area contributed by atoms with E-state index in [2.05, 4.69) is 5.32 Å². The molecule has 0 fully saturated rings. The molecule has 0 aliphatic rings. The summed E-state index contributed by atoms with van der Waals surface area (Å²) in [5.41, 5.74) is 4.85. The van der Waals surface area contributed by atoms with Gasteiger partial charge in [-0.25, -0.2) is 9.18 Å². The molecule has 2 N–H and O–H groups in total. The largest absolute Gasteiger partial charge is 0.488 e. The fourth-order valence-corrected chi connectivity index (χ4v) is 3.84. The predicted molar refractivity (Wildman–Crippen MR) is 128 cm³/mol. The Balaban J connectivity index is 1.79. The summed E-state index contributed by atoms with van der Waals surface area (Å²) in [6.45, 7) is 2.20. The van der Waals surface area contributed by atoms with Gasteiger partial charge in [0.25, 0.3) is 0 Å². The van der Waals surface area contributed by atoms with Gasteiger partial charge in [-0.2, -0.15) is 0 Å². The summed E-state index contributed by atoms with van der Waals surface area (Å²) < 4.78 is 21.3. The Morgan fingerprint density at radius 1 is 1.06 bits per heavy atom. The van der Waals surface area contributed by atoms with Crippen molar-refractivity contribution in [3.63, 3.8) is 0 Å². The van der Waals surface area contributed by atoms with Crippen molar-refractivity contribution in [2.45, 2.75) is 13.5 Å². The molecule has 0 radical (unpaired) electrons. The Kier molecular flexibility index (Phi) is 6.38. The third-order valence-corrected chi connectivity index (χ3v) is 5.55. The molecule has 3 aromatic carbocycles. The zero-order valence-electron chi connectivity index (χ0n) is 18.1. The number of carboxylic acids is 1. The van der Waals surface area contributed by atoms with Crippen molar-refractivity contribution < 1.29 is 19.0 Å². The van der Waals surface area contributed by atoms with Gasteiger partial charge in [0.05, 0.1) is 11.3 Å². The molecule has 7 heteroatoms. The minimum Gasteiger partial charge on any atom is -0.488 e. The van der Waals surface area contributed by atoms with E-state index in [1.807, 2.05) is 35.8 Å². The van der Waals surface area contributed by atoms with Crippen LogP contribution >= 0.6 is 11.6 Å². The van der Waals surface area contributed by atoms with E-state index in [0.29, 0.717) is 22.1 Å². The lowest BCUT2D eigenvalue weighted by molar-refractivity contribution is 0.0697. The van der Waals surface area contributed by atoms with Gasteiger partial charge in [0, 0.05) is 34.7 Å². The van der Waals surface area contributed by atoms with E-state index in [0.717, 1.165) is 22.5 Å². The molecule has 0 amide bonds. The highest BCUT2D eigenvalue weighted by Crippen LogP contribution is 2.36. The zero-order valence-corrected chi connectivity index (χ0v) is 18.9. The van der Waals surface area contributed by atoms with Gasteiger partial charge >= 0.3 is 5.97 Å². The van der Waals surface area contributed by atoms with E-state index >= 15 is 0 Å². The first-order chi connectivity index (χ1) is 15.9. The van der Waals surface area contributed by atoms with Crippen molar-refractivity contribution in [3.8, 4) is 22.7 Å². The van der Waals surface area contributed by atoms with Crippen molar-refractivity contribution in [3.05, 3.63) is 100 Å². The first kappa shape index (κ1) is 22.4. The lowest BCUT2D eigenvalue weighted by atomic mass is 10.1. The normalized spacial score (nSPS) is 10.8. The molecule has 0 aliphatic heterocycles. The summed E-state index contributed by atoms with van der Waals surface area (Å²) in [6.07, 6.45) is 0. The lowest BCUT2D eigenvalue weighted by Gasteiger charge is -2.17. The van der Waals surface area contributed by atoms with E-state index in [4.69, 9.17) is 16.3 Å². The number of carbonyl (C=O) groups is 1. The number of aromatic nitrogens is 1.